The normalized spacial score (nSPS) is 55.2. The van der Waals surface area contributed by atoms with Gasteiger partial charge in [-0.05, 0) is 92.3 Å². The van der Waals surface area contributed by atoms with Crippen LogP contribution in [-0.4, -0.2) is 17.3 Å². The molecule has 0 amide bonds. The maximum Gasteiger partial charge on any atom is 0.0577 e. The molecule has 0 heterocycles. The third kappa shape index (κ3) is 2.21. The molecule has 24 heavy (non-hydrogen) atoms. The predicted octanol–water partition coefficient (Wildman–Crippen LogP) is 4.52. The van der Waals surface area contributed by atoms with Gasteiger partial charge >= 0.3 is 0 Å². The summed E-state index contributed by atoms with van der Waals surface area (Å²) in [6, 6.07) is 0.321. The van der Waals surface area contributed by atoms with Crippen molar-refractivity contribution in [2.75, 3.05) is 0 Å². The summed E-state index contributed by atoms with van der Waals surface area (Å²) in [4.78, 5) is 0. The van der Waals surface area contributed by atoms with Crippen LogP contribution in [0.2, 0.25) is 0 Å². The van der Waals surface area contributed by atoms with Crippen LogP contribution in [0.3, 0.4) is 0 Å². The number of hydrogen-bond donors (Lipinski definition) is 2. The number of fused-ring (bicyclic) bond motifs is 5. The lowest BCUT2D eigenvalue weighted by Gasteiger charge is -2.58. The van der Waals surface area contributed by atoms with Crippen molar-refractivity contribution in [3.63, 3.8) is 0 Å². The summed E-state index contributed by atoms with van der Waals surface area (Å²) in [5, 5.41) is 10.1. The van der Waals surface area contributed by atoms with Crippen molar-refractivity contribution in [2.45, 2.75) is 84.8 Å². The summed E-state index contributed by atoms with van der Waals surface area (Å²) in [5.41, 5.74) is 8.85. The molecule has 136 valence electrons. The second-order valence-electron chi connectivity index (χ2n) is 10.3. The highest BCUT2D eigenvalue weighted by atomic mass is 16.3. The number of allylic oxidation sites excluding steroid dienone is 1. The summed E-state index contributed by atoms with van der Waals surface area (Å²) < 4.78 is 0. The van der Waals surface area contributed by atoms with Gasteiger partial charge in [-0.15, -0.1) is 0 Å². The molecule has 2 nitrogen and oxygen atoms in total. The van der Waals surface area contributed by atoms with Crippen molar-refractivity contribution in [1.29, 1.82) is 0 Å². The third-order valence-corrected chi connectivity index (χ3v) is 9.08. The zero-order valence-corrected chi connectivity index (χ0v) is 16.1. The van der Waals surface area contributed by atoms with E-state index in [2.05, 4.69) is 33.8 Å². The lowest BCUT2D eigenvalue weighted by atomic mass is 9.47. The molecule has 0 spiro atoms. The van der Waals surface area contributed by atoms with Crippen molar-refractivity contribution < 1.29 is 5.11 Å². The second-order valence-corrected chi connectivity index (χ2v) is 10.3. The van der Waals surface area contributed by atoms with E-state index in [1.165, 1.54) is 32.1 Å². The lowest BCUT2D eigenvalue weighted by Crippen LogP contribution is -2.52. The van der Waals surface area contributed by atoms with E-state index >= 15 is 0 Å². The molecule has 0 bridgehead atoms. The molecule has 3 fully saturated rings. The van der Waals surface area contributed by atoms with Gasteiger partial charge in [0.15, 0.2) is 0 Å². The summed E-state index contributed by atoms with van der Waals surface area (Å²) in [6.07, 6.45) is 10.9. The fraction of sp³-hybridized carbons (Fsp3) is 0.909. The van der Waals surface area contributed by atoms with Gasteiger partial charge in [0.2, 0.25) is 0 Å². The molecule has 3 N–H and O–H groups in total. The molecule has 9 atom stereocenters. The SMILES string of the molecule is C[C@@H](N)[C@H]1[C@@H](C)C[C@H]2[C@@H]3CC=C4C[C@@H](O)CC[C@]4(C)[C@H]3CC[C@]12C. The van der Waals surface area contributed by atoms with Crippen molar-refractivity contribution in [1.82, 2.24) is 0 Å². The standard InChI is InChI=1S/C22H37NO/c1-13-11-19-17-6-5-15-12-16(24)7-9-21(15,3)18(17)8-10-22(19,4)20(13)14(2)23/h5,13-14,16-20,24H,6-12,23H2,1-4H3/t13-,14+,16-,17+,18-,19-,20+,21-,22-/m0/s1. The van der Waals surface area contributed by atoms with Crippen LogP contribution < -0.4 is 5.73 Å². The van der Waals surface area contributed by atoms with Crippen LogP contribution in [-0.2, 0) is 0 Å². The van der Waals surface area contributed by atoms with E-state index in [1.807, 2.05) is 0 Å². The van der Waals surface area contributed by atoms with E-state index in [9.17, 15) is 5.11 Å². The Labute approximate surface area is 148 Å². The summed E-state index contributed by atoms with van der Waals surface area (Å²) in [6.45, 7) is 9.78. The summed E-state index contributed by atoms with van der Waals surface area (Å²) >= 11 is 0. The summed E-state index contributed by atoms with van der Waals surface area (Å²) in [7, 11) is 0. The van der Waals surface area contributed by atoms with Crippen LogP contribution >= 0.6 is 0 Å². The van der Waals surface area contributed by atoms with Gasteiger partial charge < -0.3 is 10.8 Å². The minimum absolute atomic E-state index is 0.0938. The van der Waals surface area contributed by atoms with Gasteiger partial charge in [-0.1, -0.05) is 32.4 Å². The van der Waals surface area contributed by atoms with Gasteiger partial charge in [0.05, 0.1) is 6.10 Å². The zero-order valence-electron chi connectivity index (χ0n) is 16.1. The monoisotopic (exact) mass is 331 g/mol. The largest absolute Gasteiger partial charge is 0.393 e. The third-order valence-electron chi connectivity index (χ3n) is 9.08. The lowest BCUT2D eigenvalue weighted by molar-refractivity contribution is -0.0528. The molecule has 0 unspecified atom stereocenters. The Hall–Kier alpha value is -0.340. The fourth-order valence-electron chi connectivity index (χ4n) is 8.16. The average molecular weight is 332 g/mol. The van der Waals surface area contributed by atoms with Crippen LogP contribution in [0.5, 0.6) is 0 Å². The van der Waals surface area contributed by atoms with Crippen molar-refractivity contribution >= 4 is 0 Å². The molecule has 4 rings (SSSR count). The van der Waals surface area contributed by atoms with Crippen LogP contribution in [0.15, 0.2) is 11.6 Å². The number of hydrogen-bond acceptors (Lipinski definition) is 2. The first-order chi connectivity index (χ1) is 11.3. The molecule has 4 aliphatic rings. The van der Waals surface area contributed by atoms with E-state index in [0.717, 1.165) is 36.5 Å². The molecule has 0 aromatic rings. The Morgan fingerprint density at radius 3 is 2.67 bits per heavy atom. The van der Waals surface area contributed by atoms with Crippen LogP contribution in [0, 0.1) is 40.4 Å². The van der Waals surface area contributed by atoms with E-state index in [1.54, 1.807) is 5.57 Å². The van der Waals surface area contributed by atoms with E-state index in [0.29, 0.717) is 22.8 Å². The highest BCUT2D eigenvalue weighted by molar-refractivity contribution is 5.25. The molecular formula is C22H37NO. The topological polar surface area (TPSA) is 46.2 Å². The average Bonchev–Trinajstić information content (AvgIpc) is 2.78. The number of aliphatic hydroxyl groups is 1. The smallest absolute Gasteiger partial charge is 0.0577 e. The zero-order chi connectivity index (χ0) is 17.3. The molecule has 2 heteroatoms. The second kappa shape index (κ2) is 5.58. The Bertz CT molecular complexity index is 540. The summed E-state index contributed by atoms with van der Waals surface area (Å²) in [5.74, 6) is 3.99. The van der Waals surface area contributed by atoms with Gasteiger partial charge in [-0.25, -0.2) is 0 Å². The van der Waals surface area contributed by atoms with Gasteiger partial charge in [0.1, 0.15) is 0 Å². The van der Waals surface area contributed by atoms with Crippen molar-refractivity contribution in [2.24, 2.45) is 46.2 Å². The van der Waals surface area contributed by atoms with E-state index < -0.39 is 0 Å². The Morgan fingerprint density at radius 1 is 1.21 bits per heavy atom. The molecule has 0 aliphatic heterocycles. The van der Waals surface area contributed by atoms with E-state index in [-0.39, 0.29) is 6.10 Å². The highest BCUT2D eigenvalue weighted by Gasteiger charge is 2.60. The highest BCUT2D eigenvalue weighted by Crippen LogP contribution is 2.67. The molecule has 4 aliphatic carbocycles. The van der Waals surface area contributed by atoms with Gasteiger partial charge in [0, 0.05) is 6.04 Å². The Morgan fingerprint density at radius 2 is 1.96 bits per heavy atom. The first-order valence-electron chi connectivity index (χ1n) is 10.4. The fourth-order valence-corrected chi connectivity index (χ4v) is 8.16. The first-order valence-corrected chi connectivity index (χ1v) is 10.4. The molecule has 0 saturated heterocycles. The number of nitrogens with two attached hydrogens (primary N) is 1. The molecule has 0 aromatic carbocycles. The molecule has 0 aromatic heterocycles. The van der Waals surface area contributed by atoms with Crippen molar-refractivity contribution in [3.8, 4) is 0 Å². The first kappa shape index (κ1) is 17.1. The minimum Gasteiger partial charge on any atom is -0.393 e. The van der Waals surface area contributed by atoms with Crippen molar-refractivity contribution in [3.05, 3.63) is 11.6 Å². The van der Waals surface area contributed by atoms with Gasteiger partial charge in [-0.3, -0.25) is 0 Å². The van der Waals surface area contributed by atoms with Crippen LogP contribution in [0.25, 0.3) is 0 Å². The maximum atomic E-state index is 10.1. The molecular weight excluding hydrogens is 294 g/mol. The molecule has 3 saturated carbocycles. The van der Waals surface area contributed by atoms with E-state index in [4.69, 9.17) is 5.73 Å². The number of aliphatic hydroxyl groups excluding tert-OH is 1. The van der Waals surface area contributed by atoms with Crippen LogP contribution in [0.1, 0.15) is 72.6 Å². The maximum absolute atomic E-state index is 10.1. The predicted molar refractivity (Wildman–Crippen MR) is 99.4 cm³/mol. The number of rotatable bonds is 1. The molecule has 0 radical (unpaired) electrons. The minimum atomic E-state index is -0.0938. The van der Waals surface area contributed by atoms with Gasteiger partial charge in [-0.2, -0.15) is 0 Å². The Balaban J connectivity index is 1.67. The van der Waals surface area contributed by atoms with Crippen LogP contribution in [0.4, 0.5) is 0 Å². The Kier molecular flexibility index (Phi) is 3.97. The quantitative estimate of drug-likeness (QED) is 0.694. The van der Waals surface area contributed by atoms with Gasteiger partial charge in [0.25, 0.3) is 0 Å².